The SMILES string of the molecule is COn1nnnc1-c1nonc1N=[N+]=[N-]. The third-order valence-electron chi connectivity index (χ3n) is 1.44. The summed E-state index contributed by atoms with van der Waals surface area (Å²) in [6.07, 6.45) is 0. The van der Waals surface area contributed by atoms with Crippen molar-refractivity contribution < 1.29 is 9.47 Å². The molecule has 0 saturated heterocycles. The van der Waals surface area contributed by atoms with Crippen molar-refractivity contribution in [3.63, 3.8) is 0 Å². The van der Waals surface area contributed by atoms with Gasteiger partial charge in [-0.25, -0.2) is 4.63 Å². The first-order valence-electron chi connectivity index (χ1n) is 3.57. The number of azide groups is 1. The fourth-order valence-electron chi connectivity index (χ4n) is 0.873. The van der Waals surface area contributed by atoms with E-state index in [2.05, 4.69) is 40.5 Å². The number of nitrogens with zero attached hydrogens (tertiary/aromatic N) is 9. The average molecular weight is 209 g/mol. The van der Waals surface area contributed by atoms with Gasteiger partial charge < -0.3 is 4.84 Å². The third kappa shape index (κ3) is 1.42. The topological polar surface area (TPSA) is 141 Å². The summed E-state index contributed by atoms with van der Waals surface area (Å²) < 4.78 is 4.39. The third-order valence-corrected chi connectivity index (χ3v) is 1.44. The normalized spacial score (nSPS) is 9.67. The van der Waals surface area contributed by atoms with Gasteiger partial charge in [-0.3, -0.25) is 0 Å². The number of aromatic nitrogens is 6. The molecular weight excluding hydrogens is 206 g/mol. The van der Waals surface area contributed by atoms with E-state index in [0.29, 0.717) is 0 Å². The van der Waals surface area contributed by atoms with E-state index < -0.39 is 0 Å². The Hall–Kier alpha value is -2.68. The Balaban J connectivity index is 2.53. The van der Waals surface area contributed by atoms with Gasteiger partial charge in [0.15, 0.2) is 5.69 Å². The fraction of sp³-hybridized carbons (Fsp3) is 0.250. The van der Waals surface area contributed by atoms with Crippen molar-refractivity contribution >= 4 is 5.82 Å². The van der Waals surface area contributed by atoms with Gasteiger partial charge in [-0.1, -0.05) is 4.85 Å². The molecule has 0 N–H and O–H groups in total. The van der Waals surface area contributed by atoms with Crippen LogP contribution >= 0.6 is 0 Å². The largest absolute Gasteiger partial charge is 0.397 e. The molecule has 0 unspecified atom stereocenters. The summed E-state index contributed by atoms with van der Waals surface area (Å²) in [5, 5.41) is 20.5. The van der Waals surface area contributed by atoms with Crippen LogP contribution in [-0.4, -0.2) is 37.8 Å². The Morgan fingerprint density at radius 2 is 2.40 bits per heavy atom. The summed E-state index contributed by atoms with van der Waals surface area (Å²) in [5.74, 6) is 0.0618. The second kappa shape index (κ2) is 3.59. The first-order chi connectivity index (χ1) is 7.36. The van der Waals surface area contributed by atoms with Crippen molar-refractivity contribution in [1.29, 1.82) is 0 Å². The van der Waals surface area contributed by atoms with E-state index >= 15 is 0 Å². The Morgan fingerprint density at radius 1 is 1.53 bits per heavy atom. The molecule has 2 rings (SSSR count). The first-order valence-corrected chi connectivity index (χ1v) is 3.57. The van der Waals surface area contributed by atoms with Crippen LogP contribution in [0.4, 0.5) is 5.82 Å². The highest BCUT2D eigenvalue weighted by atomic mass is 16.7. The van der Waals surface area contributed by atoms with Crippen LogP contribution in [0.2, 0.25) is 0 Å². The molecule has 0 bridgehead atoms. The fourth-order valence-corrected chi connectivity index (χ4v) is 0.873. The minimum absolute atomic E-state index is 0.0643. The van der Waals surface area contributed by atoms with Gasteiger partial charge in [-0.2, -0.15) is 0 Å². The van der Waals surface area contributed by atoms with Gasteiger partial charge in [0.05, 0.1) is 0 Å². The van der Waals surface area contributed by atoms with Crippen LogP contribution in [0.5, 0.6) is 0 Å². The molecule has 15 heavy (non-hydrogen) atoms. The molecule has 2 heterocycles. The summed E-state index contributed by atoms with van der Waals surface area (Å²) in [6.45, 7) is 0. The predicted molar refractivity (Wildman–Crippen MR) is 42.4 cm³/mol. The van der Waals surface area contributed by atoms with Gasteiger partial charge in [0, 0.05) is 4.91 Å². The van der Waals surface area contributed by atoms with Crippen molar-refractivity contribution in [2.75, 3.05) is 7.11 Å². The van der Waals surface area contributed by atoms with Crippen molar-refractivity contribution in [2.45, 2.75) is 0 Å². The second-order valence-electron chi connectivity index (χ2n) is 2.18. The van der Waals surface area contributed by atoms with Crippen molar-refractivity contribution in [3.05, 3.63) is 10.4 Å². The first kappa shape index (κ1) is 8.90. The molecule has 2 aromatic rings. The monoisotopic (exact) mass is 209 g/mol. The van der Waals surface area contributed by atoms with Gasteiger partial charge >= 0.3 is 0 Å². The van der Waals surface area contributed by atoms with Crippen LogP contribution in [0.15, 0.2) is 9.74 Å². The Bertz CT molecular complexity index is 508. The number of rotatable bonds is 3. The Morgan fingerprint density at radius 3 is 3.13 bits per heavy atom. The maximum atomic E-state index is 8.25. The van der Waals surface area contributed by atoms with Crippen molar-refractivity contribution in [2.24, 2.45) is 5.11 Å². The van der Waals surface area contributed by atoms with Gasteiger partial charge in [0.1, 0.15) is 7.11 Å². The zero-order valence-corrected chi connectivity index (χ0v) is 7.34. The maximum Gasteiger partial charge on any atom is 0.246 e. The van der Waals surface area contributed by atoms with E-state index in [1.54, 1.807) is 0 Å². The lowest BCUT2D eigenvalue weighted by Gasteiger charge is -1.96. The minimum Gasteiger partial charge on any atom is -0.397 e. The zero-order valence-electron chi connectivity index (χ0n) is 7.34. The zero-order chi connectivity index (χ0) is 10.7. The van der Waals surface area contributed by atoms with Gasteiger partial charge in [0.25, 0.3) is 0 Å². The molecule has 11 nitrogen and oxygen atoms in total. The van der Waals surface area contributed by atoms with Crippen molar-refractivity contribution in [1.82, 2.24) is 30.7 Å². The molecule has 0 aliphatic heterocycles. The van der Waals surface area contributed by atoms with Gasteiger partial charge in [0.2, 0.25) is 11.6 Å². The summed E-state index contributed by atoms with van der Waals surface area (Å²) in [5.41, 5.74) is 8.34. The molecule has 0 fully saturated rings. The standard InChI is InChI=1S/C4H3N9O2/c1-14-13-4(7-11-12-13)2-3(6-10-5)9-15-8-2/h1H3. The van der Waals surface area contributed by atoms with E-state index in [0.717, 1.165) is 4.85 Å². The summed E-state index contributed by atoms with van der Waals surface area (Å²) in [6, 6.07) is 0. The van der Waals surface area contributed by atoms with E-state index in [1.807, 2.05) is 0 Å². The molecule has 0 amide bonds. The molecule has 0 radical (unpaired) electrons. The van der Waals surface area contributed by atoms with Crippen LogP contribution in [0.1, 0.15) is 0 Å². The van der Waals surface area contributed by atoms with E-state index in [4.69, 9.17) is 10.4 Å². The predicted octanol–water partition coefficient (Wildman–Crippen LogP) is -0.277. The number of tetrazole rings is 1. The highest BCUT2D eigenvalue weighted by Crippen LogP contribution is 2.23. The molecule has 2 aromatic heterocycles. The lowest BCUT2D eigenvalue weighted by molar-refractivity contribution is 0.132. The van der Waals surface area contributed by atoms with E-state index in [1.165, 1.54) is 7.11 Å². The molecule has 76 valence electrons. The van der Waals surface area contributed by atoms with Gasteiger partial charge in [-0.05, 0) is 31.4 Å². The second-order valence-corrected chi connectivity index (χ2v) is 2.18. The maximum absolute atomic E-state index is 8.25. The lowest BCUT2D eigenvalue weighted by Crippen LogP contribution is -2.09. The molecule has 0 atom stereocenters. The van der Waals surface area contributed by atoms with Gasteiger partial charge in [-0.15, -0.1) is 5.10 Å². The van der Waals surface area contributed by atoms with Crippen LogP contribution < -0.4 is 4.84 Å². The lowest BCUT2D eigenvalue weighted by atomic mass is 10.4. The molecule has 0 aliphatic carbocycles. The van der Waals surface area contributed by atoms with Crippen molar-refractivity contribution in [3.8, 4) is 11.5 Å². The number of hydrogen-bond donors (Lipinski definition) is 0. The van der Waals surface area contributed by atoms with E-state index in [9.17, 15) is 0 Å². The minimum atomic E-state index is -0.0643. The van der Waals surface area contributed by atoms with Crippen LogP contribution in [-0.2, 0) is 0 Å². The quantitative estimate of drug-likeness (QED) is 0.384. The number of hydrogen-bond acceptors (Lipinski definition) is 8. The molecule has 11 heteroatoms. The molecule has 0 aliphatic rings. The molecular formula is C4H3N9O2. The summed E-state index contributed by atoms with van der Waals surface area (Å²) in [7, 11) is 1.36. The smallest absolute Gasteiger partial charge is 0.246 e. The van der Waals surface area contributed by atoms with Crippen LogP contribution in [0.3, 0.4) is 0 Å². The molecule has 0 aromatic carbocycles. The summed E-state index contributed by atoms with van der Waals surface area (Å²) in [4.78, 5) is 8.31. The highest BCUT2D eigenvalue weighted by molar-refractivity contribution is 5.60. The van der Waals surface area contributed by atoms with E-state index in [-0.39, 0.29) is 17.3 Å². The highest BCUT2D eigenvalue weighted by Gasteiger charge is 2.18. The molecule has 0 saturated carbocycles. The summed E-state index contributed by atoms with van der Waals surface area (Å²) >= 11 is 0. The van der Waals surface area contributed by atoms with Crippen LogP contribution in [0.25, 0.3) is 22.0 Å². The average Bonchev–Trinajstić information content (AvgIpc) is 2.84. The van der Waals surface area contributed by atoms with Crippen LogP contribution in [0, 0.1) is 0 Å². The Kier molecular flexibility index (Phi) is 2.13. The molecule has 0 spiro atoms. The Labute approximate surface area is 81.2 Å².